The van der Waals surface area contributed by atoms with E-state index in [0.29, 0.717) is 12.0 Å². The van der Waals surface area contributed by atoms with E-state index in [9.17, 15) is 0 Å². The lowest BCUT2D eigenvalue weighted by Gasteiger charge is -2.36. The van der Waals surface area contributed by atoms with Crippen molar-refractivity contribution in [2.24, 2.45) is 23.5 Å². The summed E-state index contributed by atoms with van der Waals surface area (Å²) in [5.74, 6) is 2.34. The summed E-state index contributed by atoms with van der Waals surface area (Å²) in [6.07, 6.45) is 5.00. The highest BCUT2D eigenvalue weighted by Gasteiger charge is 2.29. The molecule has 106 valence electrons. The molecule has 2 N–H and O–H groups in total. The first-order chi connectivity index (χ1) is 8.97. The Balaban J connectivity index is 2.09. The van der Waals surface area contributed by atoms with Crippen molar-refractivity contribution in [1.29, 1.82) is 0 Å². The molecule has 1 aromatic rings. The van der Waals surface area contributed by atoms with Crippen molar-refractivity contribution in [2.75, 3.05) is 0 Å². The van der Waals surface area contributed by atoms with Crippen LogP contribution in [0.2, 0.25) is 0 Å². The van der Waals surface area contributed by atoms with Gasteiger partial charge in [-0.15, -0.1) is 0 Å². The normalized spacial score (nSPS) is 27.8. The van der Waals surface area contributed by atoms with Crippen LogP contribution in [0.15, 0.2) is 18.2 Å². The average Bonchev–Trinajstić information content (AvgIpc) is 2.36. The minimum absolute atomic E-state index is 0.398. The molecule has 1 heteroatoms. The molecular formula is C18H29N. The second-order valence-electron chi connectivity index (χ2n) is 6.88. The summed E-state index contributed by atoms with van der Waals surface area (Å²) < 4.78 is 0. The van der Waals surface area contributed by atoms with Gasteiger partial charge in [0, 0.05) is 6.04 Å². The molecule has 2 rings (SSSR count). The standard InChI is InChI=1S/C18H29N/c1-12(2)15-7-8-18(19)17(10-15)11-16-9-13(3)5-6-14(16)4/h5-6,9,12,15,17-18H,7-8,10-11,19H2,1-4H3. The number of hydrogen-bond acceptors (Lipinski definition) is 1. The molecule has 0 aliphatic heterocycles. The number of rotatable bonds is 3. The van der Waals surface area contributed by atoms with Gasteiger partial charge in [-0.2, -0.15) is 0 Å². The van der Waals surface area contributed by atoms with Gasteiger partial charge >= 0.3 is 0 Å². The summed E-state index contributed by atoms with van der Waals surface area (Å²) in [6.45, 7) is 9.12. The van der Waals surface area contributed by atoms with Gasteiger partial charge in [-0.25, -0.2) is 0 Å². The van der Waals surface area contributed by atoms with E-state index in [0.717, 1.165) is 18.3 Å². The summed E-state index contributed by atoms with van der Waals surface area (Å²) in [7, 11) is 0. The molecule has 0 spiro atoms. The largest absolute Gasteiger partial charge is 0.327 e. The lowest BCUT2D eigenvalue weighted by atomic mass is 9.72. The SMILES string of the molecule is Cc1ccc(C)c(CC2CC(C(C)C)CCC2N)c1. The van der Waals surface area contributed by atoms with E-state index in [4.69, 9.17) is 5.73 Å². The zero-order valence-electron chi connectivity index (χ0n) is 12.9. The third-order valence-electron chi connectivity index (χ3n) is 5.01. The molecule has 0 amide bonds. The molecule has 1 aliphatic rings. The fourth-order valence-electron chi connectivity index (χ4n) is 3.47. The predicted octanol–water partition coefficient (Wildman–Crippen LogP) is 4.25. The van der Waals surface area contributed by atoms with Crippen LogP contribution in [0.5, 0.6) is 0 Å². The number of hydrogen-bond donors (Lipinski definition) is 1. The molecule has 3 unspecified atom stereocenters. The predicted molar refractivity (Wildman–Crippen MR) is 83.3 cm³/mol. The van der Waals surface area contributed by atoms with Gasteiger partial charge in [0.2, 0.25) is 0 Å². The molecule has 1 saturated carbocycles. The van der Waals surface area contributed by atoms with E-state index in [1.54, 1.807) is 0 Å². The van der Waals surface area contributed by atoms with Crippen LogP contribution in [-0.4, -0.2) is 6.04 Å². The first-order valence-corrected chi connectivity index (χ1v) is 7.79. The van der Waals surface area contributed by atoms with Crippen LogP contribution >= 0.6 is 0 Å². The van der Waals surface area contributed by atoms with Crippen molar-refractivity contribution in [1.82, 2.24) is 0 Å². The molecule has 1 aromatic carbocycles. The molecule has 0 radical (unpaired) electrons. The summed E-state index contributed by atoms with van der Waals surface area (Å²) in [4.78, 5) is 0. The van der Waals surface area contributed by atoms with Crippen LogP contribution in [-0.2, 0) is 6.42 Å². The van der Waals surface area contributed by atoms with E-state index in [2.05, 4.69) is 45.9 Å². The molecule has 0 saturated heterocycles. The molecule has 1 fully saturated rings. The molecule has 1 aliphatic carbocycles. The summed E-state index contributed by atoms with van der Waals surface area (Å²) >= 11 is 0. The van der Waals surface area contributed by atoms with Gasteiger partial charge in [-0.05, 0) is 68.4 Å². The quantitative estimate of drug-likeness (QED) is 0.863. The van der Waals surface area contributed by atoms with Crippen molar-refractivity contribution < 1.29 is 0 Å². The highest BCUT2D eigenvalue weighted by atomic mass is 14.7. The van der Waals surface area contributed by atoms with Crippen molar-refractivity contribution >= 4 is 0 Å². The Hall–Kier alpha value is -0.820. The van der Waals surface area contributed by atoms with Gasteiger partial charge in [-0.3, -0.25) is 0 Å². The molecule has 0 heterocycles. The molecular weight excluding hydrogens is 230 g/mol. The van der Waals surface area contributed by atoms with Crippen molar-refractivity contribution in [2.45, 2.75) is 59.4 Å². The number of benzene rings is 1. The zero-order chi connectivity index (χ0) is 14.0. The monoisotopic (exact) mass is 259 g/mol. The zero-order valence-corrected chi connectivity index (χ0v) is 12.9. The Labute approximate surface area is 118 Å². The Kier molecular flexibility index (Phi) is 4.67. The van der Waals surface area contributed by atoms with Gasteiger partial charge in [-0.1, -0.05) is 37.6 Å². The first-order valence-electron chi connectivity index (χ1n) is 7.79. The number of aryl methyl sites for hydroxylation is 2. The summed E-state index contributed by atoms with van der Waals surface area (Å²) in [5.41, 5.74) is 10.7. The molecule has 1 nitrogen and oxygen atoms in total. The van der Waals surface area contributed by atoms with E-state index in [1.165, 1.54) is 36.0 Å². The highest BCUT2D eigenvalue weighted by Crippen LogP contribution is 2.35. The van der Waals surface area contributed by atoms with Crippen molar-refractivity contribution in [3.63, 3.8) is 0 Å². The third kappa shape index (κ3) is 3.60. The molecule has 19 heavy (non-hydrogen) atoms. The van der Waals surface area contributed by atoms with Gasteiger partial charge in [0.15, 0.2) is 0 Å². The number of nitrogens with two attached hydrogens (primary N) is 1. The summed E-state index contributed by atoms with van der Waals surface area (Å²) in [6, 6.07) is 7.20. The van der Waals surface area contributed by atoms with Gasteiger partial charge in [0.25, 0.3) is 0 Å². The van der Waals surface area contributed by atoms with Crippen molar-refractivity contribution in [3.8, 4) is 0 Å². The van der Waals surface area contributed by atoms with Crippen LogP contribution < -0.4 is 5.73 Å². The highest BCUT2D eigenvalue weighted by molar-refractivity contribution is 5.31. The smallest absolute Gasteiger partial charge is 0.00705 e. The van der Waals surface area contributed by atoms with Crippen LogP contribution in [0, 0.1) is 31.6 Å². The lowest BCUT2D eigenvalue weighted by molar-refractivity contribution is 0.189. The Morgan fingerprint density at radius 3 is 2.63 bits per heavy atom. The van der Waals surface area contributed by atoms with Gasteiger partial charge in [0.05, 0.1) is 0 Å². The Bertz CT molecular complexity index is 422. The fourth-order valence-corrected chi connectivity index (χ4v) is 3.47. The first kappa shape index (κ1) is 14.6. The van der Waals surface area contributed by atoms with Gasteiger partial charge < -0.3 is 5.73 Å². The van der Waals surface area contributed by atoms with E-state index in [-0.39, 0.29) is 0 Å². The van der Waals surface area contributed by atoms with Crippen LogP contribution in [0.1, 0.15) is 49.8 Å². The third-order valence-corrected chi connectivity index (χ3v) is 5.01. The average molecular weight is 259 g/mol. The molecule has 0 bridgehead atoms. The molecule has 3 atom stereocenters. The van der Waals surface area contributed by atoms with Gasteiger partial charge in [0.1, 0.15) is 0 Å². The van der Waals surface area contributed by atoms with E-state index in [1.807, 2.05) is 0 Å². The van der Waals surface area contributed by atoms with E-state index >= 15 is 0 Å². The summed E-state index contributed by atoms with van der Waals surface area (Å²) in [5, 5.41) is 0. The van der Waals surface area contributed by atoms with Crippen molar-refractivity contribution in [3.05, 3.63) is 34.9 Å². The maximum Gasteiger partial charge on any atom is 0.00705 e. The maximum atomic E-state index is 6.38. The second-order valence-corrected chi connectivity index (χ2v) is 6.88. The Morgan fingerprint density at radius 2 is 1.95 bits per heavy atom. The lowest BCUT2D eigenvalue weighted by Crippen LogP contribution is -2.38. The maximum absolute atomic E-state index is 6.38. The van der Waals surface area contributed by atoms with Crippen LogP contribution in [0.4, 0.5) is 0 Å². The van der Waals surface area contributed by atoms with Crippen LogP contribution in [0.3, 0.4) is 0 Å². The minimum Gasteiger partial charge on any atom is -0.327 e. The topological polar surface area (TPSA) is 26.0 Å². The van der Waals surface area contributed by atoms with Crippen LogP contribution in [0.25, 0.3) is 0 Å². The Morgan fingerprint density at radius 1 is 1.21 bits per heavy atom. The van der Waals surface area contributed by atoms with E-state index < -0.39 is 0 Å². The fraction of sp³-hybridized carbons (Fsp3) is 0.667. The molecule has 0 aromatic heterocycles. The second kappa shape index (κ2) is 6.09. The minimum atomic E-state index is 0.398.